The van der Waals surface area contributed by atoms with E-state index in [0.717, 1.165) is 19.6 Å². The first kappa shape index (κ1) is 23.9. The molecule has 1 aliphatic rings. The second-order valence-electron chi connectivity index (χ2n) is 6.51. The van der Waals surface area contributed by atoms with Crippen molar-refractivity contribution in [3.05, 3.63) is 0 Å². The van der Waals surface area contributed by atoms with Crippen LogP contribution in [0.2, 0.25) is 0 Å². The van der Waals surface area contributed by atoms with Crippen LogP contribution in [0.5, 0.6) is 0 Å². The number of nitrogens with zero attached hydrogens (tertiary/aromatic N) is 2. The molecular weight excluding hydrogens is 441 g/mol. The fraction of sp³-hybridized carbons (Fsp3) is 0.933. The predicted octanol–water partition coefficient (Wildman–Crippen LogP) is 0.973. The Balaban J connectivity index is 0.00000529. The van der Waals surface area contributed by atoms with Gasteiger partial charge in [0.2, 0.25) is 10.0 Å². The van der Waals surface area contributed by atoms with Crippen LogP contribution in [-0.2, 0) is 10.0 Å². The normalized spacial score (nSPS) is 17.2. The second kappa shape index (κ2) is 11.5. The van der Waals surface area contributed by atoms with Gasteiger partial charge < -0.3 is 10.6 Å². The highest BCUT2D eigenvalue weighted by atomic mass is 127. The van der Waals surface area contributed by atoms with E-state index < -0.39 is 10.0 Å². The molecule has 0 aromatic rings. The molecule has 1 fully saturated rings. The summed E-state index contributed by atoms with van der Waals surface area (Å²) in [4.78, 5) is 6.71. The van der Waals surface area contributed by atoms with Crippen molar-refractivity contribution in [2.24, 2.45) is 4.99 Å². The van der Waals surface area contributed by atoms with E-state index in [4.69, 9.17) is 0 Å². The van der Waals surface area contributed by atoms with Crippen LogP contribution in [0.15, 0.2) is 4.99 Å². The number of sulfonamides is 1. The summed E-state index contributed by atoms with van der Waals surface area (Å²) in [6.45, 7) is 10.1. The SMILES string of the molecule is CCS(=O)(=O)NCCNC(=NC)NCC(C)(C)N1CCCCC1.I. The Morgan fingerprint density at radius 2 is 1.75 bits per heavy atom. The van der Waals surface area contributed by atoms with Gasteiger partial charge in [-0.1, -0.05) is 6.42 Å². The first-order chi connectivity index (χ1) is 10.8. The number of hydrogen-bond donors (Lipinski definition) is 3. The summed E-state index contributed by atoms with van der Waals surface area (Å²) >= 11 is 0. The minimum atomic E-state index is -3.13. The maximum absolute atomic E-state index is 11.4. The van der Waals surface area contributed by atoms with Crippen molar-refractivity contribution in [1.82, 2.24) is 20.3 Å². The Bertz CT molecular complexity index is 476. The molecule has 3 N–H and O–H groups in total. The molecule has 1 saturated heterocycles. The summed E-state index contributed by atoms with van der Waals surface area (Å²) in [5, 5.41) is 6.47. The van der Waals surface area contributed by atoms with Gasteiger partial charge in [0, 0.05) is 32.2 Å². The number of aliphatic imine (C=N–C) groups is 1. The number of piperidine rings is 1. The van der Waals surface area contributed by atoms with E-state index in [9.17, 15) is 8.42 Å². The van der Waals surface area contributed by atoms with E-state index in [1.165, 1.54) is 19.3 Å². The molecule has 1 aliphatic heterocycles. The average molecular weight is 475 g/mol. The fourth-order valence-corrected chi connectivity index (χ4v) is 3.24. The molecule has 9 heteroatoms. The Kier molecular flexibility index (Phi) is 11.4. The molecule has 0 aliphatic carbocycles. The van der Waals surface area contributed by atoms with Crippen molar-refractivity contribution in [1.29, 1.82) is 0 Å². The minimum absolute atomic E-state index is 0. The van der Waals surface area contributed by atoms with E-state index in [1.54, 1.807) is 14.0 Å². The molecule has 0 aromatic heterocycles. The van der Waals surface area contributed by atoms with Crippen molar-refractivity contribution >= 4 is 40.0 Å². The summed E-state index contributed by atoms with van der Waals surface area (Å²) < 4.78 is 25.2. The van der Waals surface area contributed by atoms with Crippen LogP contribution in [0.4, 0.5) is 0 Å². The summed E-state index contributed by atoms with van der Waals surface area (Å²) in [5.41, 5.74) is 0.0713. The molecule has 0 saturated carbocycles. The lowest BCUT2D eigenvalue weighted by atomic mass is 9.98. The number of rotatable bonds is 8. The van der Waals surface area contributed by atoms with E-state index in [0.29, 0.717) is 19.0 Å². The quantitative estimate of drug-likeness (QED) is 0.211. The smallest absolute Gasteiger partial charge is 0.211 e. The van der Waals surface area contributed by atoms with Gasteiger partial charge in [-0.3, -0.25) is 9.89 Å². The molecule has 0 unspecified atom stereocenters. The first-order valence-electron chi connectivity index (χ1n) is 8.47. The standard InChI is InChI=1S/C15H33N5O2S.HI/c1-5-23(21,22)19-10-9-17-14(16-4)18-13-15(2,3)20-11-7-6-8-12-20;/h19H,5-13H2,1-4H3,(H2,16,17,18);1H. The van der Waals surface area contributed by atoms with Gasteiger partial charge in [0.05, 0.1) is 5.75 Å². The lowest BCUT2D eigenvalue weighted by molar-refractivity contribution is 0.0982. The molecule has 24 heavy (non-hydrogen) atoms. The van der Waals surface area contributed by atoms with Crippen LogP contribution in [0.3, 0.4) is 0 Å². The van der Waals surface area contributed by atoms with E-state index in [1.807, 2.05) is 0 Å². The van der Waals surface area contributed by atoms with E-state index >= 15 is 0 Å². The van der Waals surface area contributed by atoms with Crippen molar-refractivity contribution in [2.75, 3.05) is 45.5 Å². The minimum Gasteiger partial charge on any atom is -0.355 e. The Morgan fingerprint density at radius 1 is 1.12 bits per heavy atom. The molecule has 0 atom stereocenters. The van der Waals surface area contributed by atoms with Crippen molar-refractivity contribution in [3.63, 3.8) is 0 Å². The Morgan fingerprint density at radius 3 is 2.29 bits per heavy atom. The van der Waals surface area contributed by atoms with Crippen LogP contribution < -0.4 is 15.4 Å². The largest absolute Gasteiger partial charge is 0.355 e. The second-order valence-corrected chi connectivity index (χ2v) is 8.61. The molecule has 1 heterocycles. The molecule has 0 amide bonds. The van der Waals surface area contributed by atoms with Gasteiger partial charge in [-0.25, -0.2) is 13.1 Å². The molecule has 144 valence electrons. The highest BCUT2D eigenvalue weighted by Gasteiger charge is 2.27. The third-order valence-corrected chi connectivity index (χ3v) is 5.65. The fourth-order valence-electron chi connectivity index (χ4n) is 2.62. The van der Waals surface area contributed by atoms with Gasteiger partial charge in [-0.05, 0) is 46.7 Å². The van der Waals surface area contributed by atoms with Crippen molar-refractivity contribution in [2.45, 2.75) is 45.6 Å². The van der Waals surface area contributed by atoms with Crippen LogP contribution in [0.25, 0.3) is 0 Å². The summed E-state index contributed by atoms with van der Waals surface area (Å²) in [5.74, 6) is 0.801. The maximum atomic E-state index is 11.4. The zero-order valence-corrected chi connectivity index (χ0v) is 18.5. The summed E-state index contributed by atoms with van der Waals surface area (Å²) in [6, 6.07) is 0. The predicted molar refractivity (Wildman–Crippen MR) is 112 cm³/mol. The average Bonchev–Trinajstić information content (AvgIpc) is 2.55. The molecular formula is C15H34IN5O2S. The third-order valence-electron chi connectivity index (χ3n) is 4.24. The number of halogens is 1. The topological polar surface area (TPSA) is 85.8 Å². The zero-order chi connectivity index (χ0) is 17.3. The van der Waals surface area contributed by atoms with Crippen molar-refractivity contribution in [3.8, 4) is 0 Å². The number of guanidine groups is 1. The van der Waals surface area contributed by atoms with Gasteiger partial charge in [0.25, 0.3) is 0 Å². The van der Waals surface area contributed by atoms with Gasteiger partial charge in [-0.15, -0.1) is 24.0 Å². The lowest BCUT2D eigenvalue weighted by Gasteiger charge is -2.41. The highest BCUT2D eigenvalue weighted by Crippen LogP contribution is 2.19. The van der Waals surface area contributed by atoms with Crippen LogP contribution in [0.1, 0.15) is 40.0 Å². The molecule has 0 aromatic carbocycles. The molecule has 0 radical (unpaired) electrons. The van der Waals surface area contributed by atoms with E-state index in [-0.39, 0.29) is 35.3 Å². The first-order valence-corrected chi connectivity index (χ1v) is 10.1. The third kappa shape index (κ3) is 8.82. The molecule has 1 rings (SSSR count). The van der Waals surface area contributed by atoms with Crippen LogP contribution >= 0.6 is 24.0 Å². The highest BCUT2D eigenvalue weighted by molar-refractivity contribution is 14.0. The van der Waals surface area contributed by atoms with Gasteiger partial charge in [0.15, 0.2) is 5.96 Å². The van der Waals surface area contributed by atoms with E-state index in [2.05, 4.69) is 39.1 Å². The monoisotopic (exact) mass is 475 g/mol. The summed E-state index contributed by atoms with van der Waals surface area (Å²) in [7, 11) is -1.41. The van der Waals surface area contributed by atoms with Crippen LogP contribution in [0, 0.1) is 0 Å². The number of likely N-dealkylation sites (tertiary alicyclic amines) is 1. The van der Waals surface area contributed by atoms with Crippen LogP contribution in [-0.4, -0.2) is 70.3 Å². The number of nitrogens with one attached hydrogen (secondary N) is 3. The Labute approximate surface area is 164 Å². The zero-order valence-electron chi connectivity index (χ0n) is 15.4. The van der Waals surface area contributed by atoms with Gasteiger partial charge in [-0.2, -0.15) is 0 Å². The number of hydrogen-bond acceptors (Lipinski definition) is 4. The molecule has 7 nitrogen and oxygen atoms in total. The van der Waals surface area contributed by atoms with Gasteiger partial charge >= 0.3 is 0 Å². The molecule has 0 bridgehead atoms. The summed E-state index contributed by atoms with van der Waals surface area (Å²) in [6.07, 6.45) is 3.87. The lowest BCUT2D eigenvalue weighted by Crippen LogP contribution is -2.55. The Hall–Kier alpha value is -0.130. The maximum Gasteiger partial charge on any atom is 0.211 e. The molecule has 0 spiro atoms. The van der Waals surface area contributed by atoms with Gasteiger partial charge in [0.1, 0.15) is 0 Å². The van der Waals surface area contributed by atoms with Crippen molar-refractivity contribution < 1.29 is 8.42 Å².